The number of halogens is 1. The van der Waals surface area contributed by atoms with Crippen LogP contribution in [-0.4, -0.2) is 48.5 Å². The van der Waals surface area contributed by atoms with Crippen molar-refractivity contribution < 1.29 is 14.5 Å². The van der Waals surface area contributed by atoms with E-state index in [2.05, 4.69) is 21.2 Å². The number of rotatable bonds is 8. The second-order valence-corrected chi connectivity index (χ2v) is 8.37. The summed E-state index contributed by atoms with van der Waals surface area (Å²) in [7, 11) is 0. The van der Waals surface area contributed by atoms with Crippen molar-refractivity contribution in [3.8, 4) is 5.75 Å². The van der Waals surface area contributed by atoms with E-state index in [1.807, 2.05) is 42.5 Å². The van der Waals surface area contributed by atoms with Crippen LogP contribution >= 0.6 is 11.6 Å². The maximum atomic E-state index is 12.2. The van der Waals surface area contributed by atoms with Crippen molar-refractivity contribution in [2.75, 3.05) is 43.0 Å². The molecule has 0 aromatic heterocycles. The molecule has 1 N–H and O–H groups in total. The number of hydrogen-bond acceptors (Lipinski definition) is 6. The molecule has 0 atom stereocenters. The van der Waals surface area contributed by atoms with E-state index < -0.39 is 4.92 Å². The first-order valence-corrected chi connectivity index (χ1v) is 11.3. The lowest BCUT2D eigenvalue weighted by Gasteiger charge is -2.36. The summed E-state index contributed by atoms with van der Waals surface area (Å²) in [5.41, 5.74) is 2.69. The quantitative estimate of drug-likeness (QED) is 0.375. The topological polar surface area (TPSA) is 87.9 Å². The monoisotopic (exact) mass is 480 g/mol. The van der Waals surface area contributed by atoms with E-state index in [4.69, 9.17) is 16.3 Å². The van der Waals surface area contributed by atoms with Crippen molar-refractivity contribution in [3.05, 3.63) is 93.5 Å². The van der Waals surface area contributed by atoms with Crippen LogP contribution in [0.25, 0.3) is 0 Å². The molecule has 1 amide bonds. The third-order valence-corrected chi connectivity index (χ3v) is 6.03. The highest BCUT2D eigenvalue weighted by Crippen LogP contribution is 2.26. The summed E-state index contributed by atoms with van der Waals surface area (Å²) in [4.78, 5) is 27.4. The van der Waals surface area contributed by atoms with Gasteiger partial charge in [-0.25, -0.2) is 0 Å². The fraction of sp³-hybridized carbons (Fsp3) is 0.240. The number of nitro groups is 1. The minimum atomic E-state index is -0.539. The lowest BCUT2D eigenvalue weighted by molar-refractivity contribution is -0.385. The third-order valence-electron chi connectivity index (χ3n) is 5.66. The Hall–Kier alpha value is -3.62. The number of hydrogen-bond donors (Lipinski definition) is 1. The van der Waals surface area contributed by atoms with Gasteiger partial charge in [0.15, 0.2) is 12.4 Å². The molecule has 4 rings (SSSR count). The van der Waals surface area contributed by atoms with Gasteiger partial charge in [-0.1, -0.05) is 41.9 Å². The molecule has 0 saturated carbocycles. The molecule has 3 aromatic rings. The van der Waals surface area contributed by atoms with Crippen LogP contribution < -0.4 is 15.0 Å². The first-order chi connectivity index (χ1) is 16.5. The zero-order valence-electron chi connectivity index (χ0n) is 18.5. The molecule has 1 heterocycles. The van der Waals surface area contributed by atoms with E-state index in [1.165, 1.54) is 12.1 Å². The van der Waals surface area contributed by atoms with E-state index in [9.17, 15) is 14.9 Å². The van der Waals surface area contributed by atoms with Gasteiger partial charge in [0.2, 0.25) is 0 Å². The molecule has 1 fully saturated rings. The lowest BCUT2D eigenvalue weighted by atomic mass is 10.2. The van der Waals surface area contributed by atoms with Crippen LogP contribution in [0.15, 0.2) is 72.8 Å². The number of piperazine rings is 1. The van der Waals surface area contributed by atoms with Gasteiger partial charge in [-0.15, -0.1) is 0 Å². The number of ether oxygens (including phenoxy) is 1. The van der Waals surface area contributed by atoms with E-state index in [0.717, 1.165) is 49.0 Å². The highest BCUT2D eigenvalue weighted by molar-refractivity contribution is 6.31. The molecular weight excluding hydrogens is 456 g/mol. The summed E-state index contributed by atoms with van der Waals surface area (Å²) in [6.07, 6.45) is 0. The average Bonchev–Trinajstić information content (AvgIpc) is 2.85. The van der Waals surface area contributed by atoms with Crippen molar-refractivity contribution in [3.63, 3.8) is 0 Å². The van der Waals surface area contributed by atoms with Crippen molar-refractivity contribution in [1.82, 2.24) is 4.90 Å². The standard InChI is InChI=1S/C25H25ClN4O4/c26-22-6-2-1-5-19(22)17-28-13-15-29(16-14-28)21-11-9-20(10-12-21)27-25(31)18-34-24-8-4-3-7-23(24)30(32)33/h1-12H,13-18H2,(H,27,31). The number of anilines is 2. The van der Waals surface area contributed by atoms with Crippen LogP contribution in [0.3, 0.4) is 0 Å². The molecule has 34 heavy (non-hydrogen) atoms. The van der Waals surface area contributed by atoms with Gasteiger partial charge in [0, 0.05) is 55.2 Å². The summed E-state index contributed by atoms with van der Waals surface area (Å²) < 4.78 is 5.34. The lowest BCUT2D eigenvalue weighted by Crippen LogP contribution is -2.46. The van der Waals surface area contributed by atoms with Crippen molar-refractivity contribution >= 4 is 34.6 Å². The molecule has 3 aromatic carbocycles. The minimum Gasteiger partial charge on any atom is -0.477 e. The minimum absolute atomic E-state index is 0.0617. The maximum Gasteiger partial charge on any atom is 0.310 e. The normalized spacial score (nSPS) is 14.0. The molecular formula is C25H25ClN4O4. The molecule has 9 heteroatoms. The Morgan fingerprint density at radius 1 is 0.971 bits per heavy atom. The van der Waals surface area contributed by atoms with E-state index in [0.29, 0.717) is 5.69 Å². The Labute approximate surface area is 202 Å². The highest BCUT2D eigenvalue weighted by Gasteiger charge is 2.18. The third kappa shape index (κ3) is 6.03. The van der Waals surface area contributed by atoms with E-state index in [-0.39, 0.29) is 24.0 Å². The van der Waals surface area contributed by atoms with Crippen molar-refractivity contribution in [2.24, 2.45) is 0 Å². The molecule has 1 aliphatic rings. The number of nitrogens with zero attached hydrogens (tertiary/aromatic N) is 3. The van der Waals surface area contributed by atoms with Crippen LogP contribution in [0.5, 0.6) is 5.75 Å². The van der Waals surface area contributed by atoms with Gasteiger partial charge in [-0.2, -0.15) is 0 Å². The summed E-state index contributed by atoms with van der Waals surface area (Å²) >= 11 is 6.29. The molecule has 1 saturated heterocycles. The fourth-order valence-electron chi connectivity index (χ4n) is 3.86. The molecule has 0 aliphatic carbocycles. The molecule has 0 unspecified atom stereocenters. The van der Waals surface area contributed by atoms with Gasteiger partial charge in [-0.3, -0.25) is 19.8 Å². The number of carbonyl (C=O) groups is 1. The van der Waals surface area contributed by atoms with Gasteiger partial charge in [-0.05, 0) is 42.0 Å². The van der Waals surface area contributed by atoms with Gasteiger partial charge in [0.1, 0.15) is 0 Å². The number of nitro benzene ring substituents is 1. The van der Waals surface area contributed by atoms with Crippen LogP contribution in [0.1, 0.15) is 5.56 Å². The Morgan fingerprint density at radius 3 is 2.35 bits per heavy atom. The van der Waals surface area contributed by atoms with Gasteiger partial charge >= 0.3 is 5.69 Å². The van der Waals surface area contributed by atoms with Gasteiger partial charge < -0.3 is 15.0 Å². The number of amides is 1. The Bertz CT molecular complexity index is 1150. The van der Waals surface area contributed by atoms with Gasteiger partial charge in [0.05, 0.1) is 4.92 Å². The number of carbonyl (C=O) groups excluding carboxylic acids is 1. The molecule has 176 valence electrons. The number of nitrogens with one attached hydrogen (secondary N) is 1. The zero-order chi connectivity index (χ0) is 23.9. The SMILES string of the molecule is O=C(COc1ccccc1[N+](=O)[O-])Nc1ccc(N2CCN(Cc3ccccc3Cl)CC2)cc1. The van der Waals surface area contributed by atoms with Crippen LogP contribution in [0, 0.1) is 10.1 Å². The Kier molecular flexibility index (Phi) is 7.61. The average molecular weight is 481 g/mol. The van der Waals surface area contributed by atoms with Crippen LogP contribution in [-0.2, 0) is 11.3 Å². The van der Waals surface area contributed by atoms with E-state index >= 15 is 0 Å². The smallest absolute Gasteiger partial charge is 0.310 e. The first kappa shape index (κ1) is 23.5. The molecule has 1 aliphatic heterocycles. The number of benzene rings is 3. The fourth-order valence-corrected chi connectivity index (χ4v) is 4.05. The van der Waals surface area contributed by atoms with Gasteiger partial charge in [0.25, 0.3) is 5.91 Å². The summed E-state index contributed by atoms with van der Waals surface area (Å²) in [6.45, 7) is 4.20. The molecule has 8 nitrogen and oxygen atoms in total. The Balaban J connectivity index is 1.25. The highest BCUT2D eigenvalue weighted by atomic mass is 35.5. The first-order valence-electron chi connectivity index (χ1n) is 11.0. The van der Waals surface area contributed by atoms with E-state index in [1.54, 1.807) is 12.1 Å². The maximum absolute atomic E-state index is 12.2. The van der Waals surface area contributed by atoms with Crippen LogP contribution in [0.4, 0.5) is 17.1 Å². The van der Waals surface area contributed by atoms with Crippen LogP contribution in [0.2, 0.25) is 5.02 Å². The molecule has 0 bridgehead atoms. The number of para-hydroxylation sites is 2. The van der Waals surface area contributed by atoms with Crippen molar-refractivity contribution in [1.29, 1.82) is 0 Å². The second kappa shape index (κ2) is 11.0. The molecule has 0 radical (unpaired) electrons. The summed E-state index contributed by atoms with van der Waals surface area (Å²) in [5.74, 6) is -0.328. The predicted octanol–water partition coefficient (Wildman–Crippen LogP) is 4.59. The zero-order valence-corrected chi connectivity index (χ0v) is 19.3. The second-order valence-electron chi connectivity index (χ2n) is 7.96. The van der Waals surface area contributed by atoms with Crippen molar-refractivity contribution in [2.45, 2.75) is 6.54 Å². The summed E-state index contributed by atoms with van der Waals surface area (Å²) in [5, 5.41) is 14.6. The Morgan fingerprint density at radius 2 is 1.65 bits per heavy atom. The predicted molar refractivity (Wildman–Crippen MR) is 133 cm³/mol. The summed E-state index contributed by atoms with van der Waals surface area (Å²) in [6, 6.07) is 21.5. The molecule has 0 spiro atoms. The largest absolute Gasteiger partial charge is 0.477 e.